The lowest BCUT2D eigenvalue weighted by Gasteiger charge is -1.96. The predicted molar refractivity (Wildman–Crippen MR) is 162 cm³/mol. The fourth-order valence-corrected chi connectivity index (χ4v) is 6.39. The van der Waals surface area contributed by atoms with Crippen LogP contribution >= 0.6 is 22.7 Å². The third kappa shape index (κ3) is 4.11. The minimum absolute atomic E-state index is 0.505. The molecule has 42 heavy (non-hydrogen) atoms. The number of thiazole rings is 2. The highest BCUT2D eigenvalue weighted by Gasteiger charge is 2.17. The SMILES string of the molecule is N#Cc1ccc(-c2ncc(-c3nc4cc5cc6oc(-c7cnc(-c8ccc(C#N)cc8)s7)nc6cc5cc4o3)s2)cc1. The van der Waals surface area contributed by atoms with Crippen LogP contribution in [-0.4, -0.2) is 19.9 Å². The molecule has 0 aliphatic heterocycles. The van der Waals surface area contributed by atoms with Gasteiger partial charge in [-0.15, -0.1) is 22.7 Å². The Hall–Kier alpha value is -5.68. The standard InChI is InChI=1S/C32H14N6O2S2/c33-13-17-1-5-19(6-2-17)31-35-15-27(41-31)29-37-23-9-21-12-26-24(10-22(21)11-25(23)39-29)38-30(40-26)28-16-36-32(42-28)20-7-3-18(14-34)4-8-20/h1-12,15-16H. The number of nitriles is 2. The maximum absolute atomic E-state index is 9.04. The summed E-state index contributed by atoms with van der Waals surface area (Å²) in [6, 6.07) is 26.8. The molecule has 4 aromatic heterocycles. The van der Waals surface area contributed by atoms with Gasteiger partial charge in [0.25, 0.3) is 0 Å². The molecule has 8 aromatic rings. The molecule has 10 heteroatoms. The van der Waals surface area contributed by atoms with Crippen LogP contribution in [0.25, 0.3) is 75.6 Å². The first-order chi connectivity index (χ1) is 20.6. The van der Waals surface area contributed by atoms with Gasteiger partial charge in [-0.05, 0) is 59.3 Å². The quantitative estimate of drug-likeness (QED) is 0.204. The van der Waals surface area contributed by atoms with Crippen molar-refractivity contribution in [3.8, 4) is 54.8 Å². The number of hydrogen-bond acceptors (Lipinski definition) is 10. The summed E-state index contributed by atoms with van der Waals surface area (Å²) in [5, 5.41) is 21.7. The summed E-state index contributed by atoms with van der Waals surface area (Å²) in [6.07, 6.45) is 3.51. The smallest absolute Gasteiger partial charge is 0.239 e. The highest BCUT2D eigenvalue weighted by Crippen LogP contribution is 2.37. The first-order valence-corrected chi connectivity index (χ1v) is 14.4. The second kappa shape index (κ2) is 9.46. The Balaban J connectivity index is 1.11. The predicted octanol–water partition coefficient (Wildman–Crippen LogP) is 8.45. The van der Waals surface area contributed by atoms with Gasteiger partial charge in [-0.1, -0.05) is 24.3 Å². The van der Waals surface area contributed by atoms with Crippen molar-refractivity contribution < 1.29 is 8.83 Å². The molecule has 0 atom stereocenters. The normalized spacial score (nSPS) is 11.3. The lowest BCUT2D eigenvalue weighted by molar-refractivity contribution is 0.621. The fraction of sp³-hybridized carbons (Fsp3) is 0. The van der Waals surface area contributed by atoms with Gasteiger partial charge in [0.05, 0.1) is 35.7 Å². The van der Waals surface area contributed by atoms with E-state index in [-0.39, 0.29) is 0 Å². The Morgan fingerprint density at radius 1 is 0.571 bits per heavy atom. The van der Waals surface area contributed by atoms with E-state index in [1.807, 2.05) is 48.5 Å². The average molecular weight is 579 g/mol. The molecule has 0 radical (unpaired) electrons. The van der Waals surface area contributed by atoms with Gasteiger partial charge in [-0.25, -0.2) is 19.9 Å². The molecule has 0 bridgehead atoms. The van der Waals surface area contributed by atoms with Crippen LogP contribution < -0.4 is 0 Å². The number of oxazole rings is 2. The molecule has 0 aliphatic carbocycles. The Morgan fingerprint density at radius 2 is 1.00 bits per heavy atom. The van der Waals surface area contributed by atoms with Crippen LogP contribution in [0.2, 0.25) is 0 Å². The Bertz CT molecular complexity index is 2150. The topological polar surface area (TPSA) is 125 Å². The Kier molecular flexibility index (Phi) is 5.44. The van der Waals surface area contributed by atoms with E-state index < -0.39 is 0 Å². The van der Waals surface area contributed by atoms with Gasteiger partial charge < -0.3 is 8.83 Å². The summed E-state index contributed by atoms with van der Waals surface area (Å²) < 4.78 is 12.3. The second-order valence-electron chi connectivity index (χ2n) is 9.46. The molecule has 0 amide bonds. The molecule has 0 saturated carbocycles. The minimum Gasteiger partial charge on any atom is -0.435 e. The van der Waals surface area contributed by atoms with E-state index in [2.05, 4.69) is 22.1 Å². The van der Waals surface area contributed by atoms with Crippen LogP contribution in [0, 0.1) is 22.7 Å². The van der Waals surface area contributed by atoms with Gasteiger partial charge >= 0.3 is 0 Å². The van der Waals surface area contributed by atoms with E-state index in [0.29, 0.717) is 34.1 Å². The van der Waals surface area contributed by atoms with Gasteiger partial charge in [-0.2, -0.15) is 10.5 Å². The molecule has 0 fully saturated rings. The van der Waals surface area contributed by atoms with Gasteiger partial charge in [0.1, 0.15) is 30.8 Å². The van der Waals surface area contributed by atoms with Crippen molar-refractivity contribution in [2.45, 2.75) is 0 Å². The highest BCUT2D eigenvalue weighted by molar-refractivity contribution is 7.18. The number of rotatable bonds is 4. The van der Waals surface area contributed by atoms with Crippen molar-refractivity contribution in [2.24, 2.45) is 0 Å². The molecule has 0 spiro atoms. The van der Waals surface area contributed by atoms with Gasteiger partial charge in [0.2, 0.25) is 11.8 Å². The van der Waals surface area contributed by atoms with Crippen LogP contribution in [0.1, 0.15) is 11.1 Å². The number of fused-ring (bicyclic) bond motifs is 3. The van der Waals surface area contributed by atoms with E-state index in [4.69, 9.17) is 29.3 Å². The Morgan fingerprint density at radius 3 is 1.40 bits per heavy atom. The zero-order valence-corrected chi connectivity index (χ0v) is 23.0. The van der Waals surface area contributed by atoms with Crippen molar-refractivity contribution in [1.82, 2.24) is 19.9 Å². The summed E-state index contributed by atoms with van der Waals surface area (Å²) >= 11 is 2.97. The van der Waals surface area contributed by atoms with Crippen LogP contribution in [0.5, 0.6) is 0 Å². The zero-order chi connectivity index (χ0) is 28.2. The minimum atomic E-state index is 0.505. The average Bonchev–Trinajstić information content (AvgIpc) is 3.84. The van der Waals surface area contributed by atoms with E-state index in [1.165, 1.54) is 22.7 Å². The molecule has 0 N–H and O–H groups in total. The third-order valence-electron chi connectivity index (χ3n) is 6.81. The highest BCUT2D eigenvalue weighted by atomic mass is 32.1. The number of benzene rings is 4. The Labute approximate surface area is 245 Å². The molecule has 8 nitrogen and oxygen atoms in total. The summed E-state index contributed by atoms with van der Waals surface area (Å²) in [5.74, 6) is 1.01. The molecule has 196 valence electrons. The van der Waals surface area contributed by atoms with Crippen molar-refractivity contribution in [1.29, 1.82) is 10.5 Å². The van der Waals surface area contributed by atoms with Crippen molar-refractivity contribution >= 4 is 55.6 Å². The molecule has 0 aliphatic rings. The summed E-state index contributed by atoms with van der Waals surface area (Å²) in [6.45, 7) is 0. The van der Waals surface area contributed by atoms with Gasteiger partial charge in [0.15, 0.2) is 11.2 Å². The van der Waals surface area contributed by atoms with E-state index >= 15 is 0 Å². The van der Waals surface area contributed by atoms with Crippen LogP contribution in [-0.2, 0) is 0 Å². The maximum atomic E-state index is 9.04. The lowest BCUT2D eigenvalue weighted by atomic mass is 10.1. The maximum Gasteiger partial charge on any atom is 0.239 e. The van der Waals surface area contributed by atoms with E-state index in [0.717, 1.165) is 52.7 Å². The van der Waals surface area contributed by atoms with Crippen molar-refractivity contribution in [3.63, 3.8) is 0 Å². The largest absolute Gasteiger partial charge is 0.435 e. The van der Waals surface area contributed by atoms with Crippen molar-refractivity contribution in [3.05, 3.63) is 96.3 Å². The van der Waals surface area contributed by atoms with E-state index in [9.17, 15) is 0 Å². The second-order valence-corrected chi connectivity index (χ2v) is 11.5. The molecule has 0 saturated heterocycles. The van der Waals surface area contributed by atoms with E-state index in [1.54, 1.807) is 36.7 Å². The van der Waals surface area contributed by atoms with Gasteiger partial charge in [0, 0.05) is 11.1 Å². The summed E-state index contributed by atoms with van der Waals surface area (Å²) in [4.78, 5) is 20.2. The molecule has 4 heterocycles. The first kappa shape index (κ1) is 24.1. The fourth-order valence-electron chi connectivity index (χ4n) is 4.69. The molecular weight excluding hydrogens is 565 g/mol. The molecule has 0 unspecified atom stereocenters. The zero-order valence-electron chi connectivity index (χ0n) is 21.4. The number of nitrogens with zero attached hydrogens (tertiary/aromatic N) is 6. The molecule has 4 aromatic carbocycles. The third-order valence-corrected chi connectivity index (χ3v) is 8.88. The number of hydrogen-bond donors (Lipinski definition) is 0. The summed E-state index contributed by atoms with van der Waals surface area (Å²) in [5.41, 5.74) is 5.90. The molecular formula is C32H14N6O2S2. The van der Waals surface area contributed by atoms with Crippen LogP contribution in [0.15, 0.2) is 94.0 Å². The van der Waals surface area contributed by atoms with Crippen LogP contribution in [0.3, 0.4) is 0 Å². The van der Waals surface area contributed by atoms with Crippen molar-refractivity contribution in [2.75, 3.05) is 0 Å². The number of aromatic nitrogens is 4. The monoisotopic (exact) mass is 578 g/mol. The molecule has 8 rings (SSSR count). The lowest BCUT2D eigenvalue weighted by Crippen LogP contribution is -1.76. The van der Waals surface area contributed by atoms with Gasteiger partial charge in [-0.3, -0.25) is 0 Å². The summed E-state index contributed by atoms with van der Waals surface area (Å²) in [7, 11) is 0. The van der Waals surface area contributed by atoms with Crippen LogP contribution in [0.4, 0.5) is 0 Å². The first-order valence-electron chi connectivity index (χ1n) is 12.7.